The summed E-state index contributed by atoms with van der Waals surface area (Å²) in [5.41, 5.74) is 4.59. The van der Waals surface area contributed by atoms with E-state index in [1.165, 1.54) is 0 Å². The molecule has 0 aliphatic carbocycles. The standard InChI is InChI=1S/C23H23ClN2O2/c1-3-4-12-28-23(27)19-13-16(2)10-11-20(19)26-21-14-18(24)15-25-22(21)17-8-6-5-7-9-17/h5-11,13-15,26H,3-4,12H2,1-2H3. The third-order valence-corrected chi connectivity index (χ3v) is 4.50. The first-order valence-corrected chi connectivity index (χ1v) is 9.72. The Hall–Kier alpha value is -2.85. The number of hydrogen-bond donors (Lipinski definition) is 1. The van der Waals surface area contributed by atoms with Crippen molar-refractivity contribution in [2.45, 2.75) is 26.7 Å². The Morgan fingerprint density at radius 3 is 2.64 bits per heavy atom. The third-order valence-electron chi connectivity index (χ3n) is 4.30. The Balaban J connectivity index is 1.96. The highest BCUT2D eigenvalue weighted by atomic mass is 35.5. The van der Waals surface area contributed by atoms with Crippen LogP contribution in [-0.4, -0.2) is 17.6 Å². The number of anilines is 2. The average molecular weight is 395 g/mol. The lowest BCUT2D eigenvalue weighted by Crippen LogP contribution is -2.10. The molecule has 0 atom stereocenters. The molecule has 144 valence electrons. The molecule has 3 rings (SSSR count). The summed E-state index contributed by atoms with van der Waals surface area (Å²) in [5, 5.41) is 3.85. The number of aromatic nitrogens is 1. The Kier molecular flexibility index (Phi) is 6.66. The first-order valence-electron chi connectivity index (χ1n) is 9.34. The molecule has 0 aliphatic rings. The molecular weight excluding hydrogens is 372 g/mol. The van der Waals surface area contributed by atoms with Gasteiger partial charge in [0.1, 0.15) is 0 Å². The van der Waals surface area contributed by atoms with E-state index < -0.39 is 0 Å². The van der Waals surface area contributed by atoms with Gasteiger partial charge in [0.25, 0.3) is 0 Å². The van der Waals surface area contributed by atoms with Gasteiger partial charge >= 0.3 is 5.97 Å². The number of carbonyl (C=O) groups excluding carboxylic acids is 1. The molecule has 0 radical (unpaired) electrons. The molecule has 0 aliphatic heterocycles. The van der Waals surface area contributed by atoms with Crippen LogP contribution < -0.4 is 5.32 Å². The molecule has 28 heavy (non-hydrogen) atoms. The second-order valence-corrected chi connectivity index (χ2v) is 7.02. The van der Waals surface area contributed by atoms with Crippen LogP contribution in [0.5, 0.6) is 0 Å². The predicted octanol–water partition coefficient (Wildman–Crippen LogP) is 6.41. The molecule has 4 nitrogen and oxygen atoms in total. The van der Waals surface area contributed by atoms with Crippen LogP contribution in [0.3, 0.4) is 0 Å². The minimum atomic E-state index is -0.337. The second-order valence-electron chi connectivity index (χ2n) is 6.58. The zero-order chi connectivity index (χ0) is 19.9. The van der Waals surface area contributed by atoms with E-state index in [-0.39, 0.29) is 5.97 Å². The van der Waals surface area contributed by atoms with Crippen LogP contribution in [0.1, 0.15) is 35.7 Å². The fourth-order valence-electron chi connectivity index (χ4n) is 2.83. The number of ether oxygens (including phenoxy) is 1. The zero-order valence-electron chi connectivity index (χ0n) is 16.0. The van der Waals surface area contributed by atoms with E-state index >= 15 is 0 Å². The van der Waals surface area contributed by atoms with Gasteiger partial charge in [-0.05, 0) is 31.5 Å². The van der Waals surface area contributed by atoms with E-state index in [1.807, 2.05) is 61.5 Å². The van der Waals surface area contributed by atoms with E-state index in [2.05, 4.69) is 17.2 Å². The summed E-state index contributed by atoms with van der Waals surface area (Å²) in [6.45, 7) is 4.42. The van der Waals surface area contributed by atoms with Crippen molar-refractivity contribution in [3.05, 3.63) is 76.9 Å². The van der Waals surface area contributed by atoms with Crippen molar-refractivity contribution < 1.29 is 9.53 Å². The monoisotopic (exact) mass is 394 g/mol. The van der Waals surface area contributed by atoms with Crippen LogP contribution in [0.25, 0.3) is 11.3 Å². The van der Waals surface area contributed by atoms with Gasteiger partial charge in [0, 0.05) is 11.8 Å². The SMILES string of the molecule is CCCCOC(=O)c1cc(C)ccc1Nc1cc(Cl)cnc1-c1ccccc1. The second kappa shape index (κ2) is 9.38. The number of carbonyl (C=O) groups is 1. The summed E-state index contributed by atoms with van der Waals surface area (Å²) in [6, 6.07) is 17.3. The number of unbranched alkanes of at least 4 members (excludes halogenated alkanes) is 1. The largest absolute Gasteiger partial charge is 0.462 e. The molecular formula is C23H23ClN2O2. The number of nitrogens with zero attached hydrogens (tertiary/aromatic N) is 1. The summed E-state index contributed by atoms with van der Waals surface area (Å²) in [5.74, 6) is -0.337. The van der Waals surface area contributed by atoms with E-state index in [1.54, 1.807) is 6.20 Å². The van der Waals surface area contributed by atoms with E-state index in [0.29, 0.717) is 22.9 Å². The van der Waals surface area contributed by atoms with Gasteiger partial charge in [-0.2, -0.15) is 0 Å². The maximum Gasteiger partial charge on any atom is 0.340 e. The lowest BCUT2D eigenvalue weighted by molar-refractivity contribution is 0.0501. The predicted molar refractivity (Wildman–Crippen MR) is 114 cm³/mol. The highest BCUT2D eigenvalue weighted by Gasteiger charge is 2.16. The third kappa shape index (κ3) is 4.90. The Labute approximate surface area is 170 Å². The van der Waals surface area contributed by atoms with Crippen LogP contribution in [0, 0.1) is 6.92 Å². The number of benzene rings is 2. The van der Waals surface area contributed by atoms with E-state index in [9.17, 15) is 4.79 Å². The van der Waals surface area contributed by atoms with Crippen molar-refractivity contribution in [2.75, 3.05) is 11.9 Å². The number of pyridine rings is 1. The lowest BCUT2D eigenvalue weighted by atomic mass is 10.1. The van der Waals surface area contributed by atoms with Crippen molar-refractivity contribution in [2.24, 2.45) is 0 Å². The number of nitrogens with one attached hydrogen (secondary N) is 1. The lowest BCUT2D eigenvalue weighted by Gasteiger charge is -2.15. The molecule has 0 saturated heterocycles. The molecule has 3 aromatic rings. The van der Waals surface area contributed by atoms with Crippen molar-refractivity contribution in [1.29, 1.82) is 0 Å². The number of aryl methyl sites for hydroxylation is 1. The fraction of sp³-hybridized carbons (Fsp3) is 0.217. The van der Waals surface area contributed by atoms with Gasteiger partial charge in [0.05, 0.1) is 34.3 Å². The minimum absolute atomic E-state index is 0.337. The summed E-state index contributed by atoms with van der Waals surface area (Å²) in [7, 11) is 0. The maximum atomic E-state index is 12.6. The Bertz CT molecular complexity index is 958. The van der Waals surface area contributed by atoms with Crippen LogP contribution in [0.4, 0.5) is 11.4 Å². The Morgan fingerprint density at radius 2 is 1.89 bits per heavy atom. The van der Waals surface area contributed by atoms with Gasteiger partial charge in [0.2, 0.25) is 0 Å². The number of esters is 1. The summed E-state index contributed by atoms with van der Waals surface area (Å²) in [6.07, 6.45) is 3.43. The van der Waals surface area contributed by atoms with E-state index in [4.69, 9.17) is 16.3 Å². The maximum absolute atomic E-state index is 12.6. The summed E-state index contributed by atoms with van der Waals surface area (Å²) < 4.78 is 5.42. The average Bonchev–Trinajstić information content (AvgIpc) is 2.70. The summed E-state index contributed by atoms with van der Waals surface area (Å²) in [4.78, 5) is 17.1. The van der Waals surface area contributed by atoms with Crippen molar-refractivity contribution >= 4 is 28.9 Å². The quantitative estimate of drug-likeness (QED) is 0.371. The fourth-order valence-corrected chi connectivity index (χ4v) is 2.99. The molecule has 2 aromatic carbocycles. The number of rotatable bonds is 7. The highest BCUT2D eigenvalue weighted by Crippen LogP contribution is 2.32. The van der Waals surface area contributed by atoms with Gasteiger partial charge in [0.15, 0.2) is 0 Å². The normalized spacial score (nSPS) is 10.5. The number of halogens is 1. The van der Waals surface area contributed by atoms with Gasteiger partial charge in [-0.15, -0.1) is 0 Å². The van der Waals surface area contributed by atoms with Crippen LogP contribution in [0.2, 0.25) is 5.02 Å². The highest BCUT2D eigenvalue weighted by molar-refractivity contribution is 6.30. The van der Waals surface area contributed by atoms with Gasteiger partial charge in [-0.1, -0.05) is 66.9 Å². The van der Waals surface area contributed by atoms with Crippen LogP contribution in [-0.2, 0) is 4.74 Å². The smallest absolute Gasteiger partial charge is 0.340 e. The van der Waals surface area contributed by atoms with Crippen molar-refractivity contribution in [3.8, 4) is 11.3 Å². The minimum Gasteiger partial charge on any atom is -0.462 e. The molecule has 1 aromatic heterocycles. The number of hydrogen-bond acceptors (Lipinski definition) is 4. The van der Waals surface area contributed by atoms with Gasteiger partial charge in [-0.25, -0.2) is 4.79 Å². The van der Waals surface area contributed by atoms with E-state index in [0.717, 1.165) is 35.3 Å². The van der Waals surface area contributed by atoms with Crippen LogP contribution in [0.15, 0.2) is 60.8 Å². The first-order chi connectivity index (χ1) is 13.6. The molecule has 0 bridgehead atoms. The molecule has 5 heteroatoms. The molecule has 0 spiro atoms. The van der Waals surface area contributed by atoms with Gasteiger partial charge in [-0.3, -0.25) is 4.98 Å². The van der Waals surface area contributed by atoms with Crippen molar-refractivity contribution in [3.63, 3.8) is 0 Å². The first kappa shape index (κ1) is 19.9. The molecule has 1 heterocycles. The topological polar surface area (TPSA) is 51.2 Å². The zero-order valence-corrected chi connectivity index (χ0v) is 16.8. The molecule has 0 fully saturated rings. The Morgan fingerprint density at radius 1 is 1.11 bits per heavy atom. The van der Waals surface area contributed by atoms with Gasteiger partial charge < -0.3 is 10.1 Å². The molecule has 0 amide bonds. The van der Waals surface area contributed by atoms with Crippen LogP contribution >= 0.6 is 11.6 Å². The summed E-state index contributed by atoms with van der Waals surface area (Å²) >= 11 is 6.19. The molecule has 0 saturated carbocycles. The van der Waals surface area contributed by atoms with Crippen molar-refractivity contribution in [1.82, 2.24) is 4.98 Å². The molecule has 1 N–H and O–H groups in total. The molecule has 0 unspecified atom stereocenters.